The van der Waals surface area contributed by atoms with Gasteiger partial charge in [0.25, 0.3) is 0 Å². The van der Waals surface area contributed by atoms with Crippen LogP contribution in [0.1, 0.15) is 32.6 Å². The molecule has 0 bridgehead atoms. The Balaban J connectivity index is 4.97. The lowest BCUT2D eigenvalue weighted by molar-refractivity contribution is -0.143. The molecule has 0 aromatic carbocycles. The lowest BCUT2D eigenvalue weighted by atomic mass is 10.1. The Hall–Kier alpha value is -2.89. The van der Waals surface area contributed by atoms with Gasteiger partial charge in [-0.3, -0.25) is 19.4 Å². The van der Waals surface area contributed by atoms with Gasteiger partial charge in [0.15, 0.2) is 5.96 Å². The van der Waals surface area contributed by atoms with Gasteiger partial charge in [0.05, 0.1) is 6.04 Å². The van der Waals surface area contributed by atoms with Gasteiger partial charge in [0, 0.05) is 13.0 Å². The molecule has 26 heavy (non-hydrogen) atoms. The summed E-state index contributed by atoms with van der Waals surface area (Å²) in [6, 6.07) is -3.33. The third-order valence-corrected chi connectivity index (χ3v) is 3.25. The van der Waals surface area contributed by atoms with Gasteiger partial charge in [-0.15, -0.1) is 0 Å². The first kappa shape index (κ1) is 23.1. The Morgan fingerprint density at radius 1 is 1.00 bits per heavy atom. The first-order valence-electron chi connectivity index (χ1n) is 7.91. The number of carbonyl (C=O) groups is 4. The van der Waals surface area contributed by atoms with E-state index in [4.69, 9.17) is 27.4 Å². The molecule has 0 aliphatic carbocycles. The summed E-state index contributed by atoms with van der Waals surface area (Å²) in [7, 11) is 0. The monoisotopic (exact) mass is 374 g/mol. The number of carboxylic acid groups (broad SMARTS) is 2. The minimum Gasteiger partial charge on any atom is -0.481 e. The van der Waals surface area contributed by atoms with E-state index in [-0.39, 0.29) is 25.3 Å². The number of hydrogen-bond donors (Lipinski definition) is 7. The Labute approximate surface area is 150 Å². The number of hydrogen-bond acceptors (Lipinski definition) is 6. The summed E-state index contributed by atoms with van der Waals surface area (Å²) in [6.45, 7) is 1.64. The van der Waals surface area contributed by atoms with Crippen molar-refractivity contribution in [2.45, 2.75) is 50.7 Å². The molecule has 0 radical (unpaired) electrons. The normalized spacial score (nSPS) is 13.8. The molecule has 0 spiro atoms. The lowest BCUT2D eigenvalue weighted by Crippen LogP contribution is -2.54. The van der Waals surface area contributed by atoms with E-state index < -0.39 is 48.3 Å². The first-order chi connectivity index (χ1) is 12.0. The zero-order valence-electron chi connectivity index (χ0n) is 14.5. The average Bonchev–Trinajstić information content (AvgIpc) is 2.52. The molecule has 2 amide bonds. The standard InChI is InChI=1S/C14H26N6O6/c1-7(15)11(23)19-8(3-2-6-18-14(16)17)12(24)20-9(13(25)26)4-5-10(21)22/h7-9H,2-6,15H2,1H3,(H,19,23)(H,20,24)(H,21,22)(H,25,26)(H4,16,17,18). The highest BCUT2D eigenvalue weighted by Gasteiger charge is 2.27. The van der Waals surface area contributed by atoms with Crippen molar-refractivity contribution in [3.63, 3.8) is 0 Å². The number of guanidine groups is 1. The van der Waals surface area contributed by atoms with Gasteiger partial charge >= 0.3 is 11.9 Å². The Morgan fingerprint density at radius 2 is 1.58 bits per heavy atom. The zero-order chi connectivity index (χ0) is 20.3. The third kappa shape index (κ3) is 10.1. The van der Waals surface area contributed by atoms with Gasteiger partial charge < -0.3 is 38.0 Å². The van der Waals surface area contributed by atoms with Gasteiger partial charge in [0.1, 0.15) is 12.1 Å². The zero-order valence-corrected chi connectivity index (χ0v) is 14.5. The SMILES string of the molecule is CC(N)C(=O)NC(CCCN=C(N)N)C(=O)NC(CCC(=O)O)C(=O)O. The molecular weight excluding hydrogens is 348 g/mol. The van der Waals surface area contributed by atoms with Crippen LogP contribution in [-0.2, 0) is 19.2 Å². The molecule has 148 valence electrons. The number of aliphatic imine (C=N–C) groups is 1. The topological polar surface area (TPSA) is 223 Å². The van der Waals surface area contributed by atoms with Crippen molar-refractivity contribution in [2.24, 2.45) is 22.2 Å². The predicted molar refractivity (Wildman–Crippen MR) is 91.9 cm³/mol. The maximum absolute atomic E-state index is 12.3. The van der Waals surface area contributed by atoms with E-state index in [1.807, 2.05) is 0 Å². The Bertz CT molecular complexity index is 546. The van der Waals surface area contributed by atoms with Crippen LogP contribution < -0.4 is 27.8 Å². The van der Waals surface area contributed by atoms with Crippen molar-refractivity contribution in [1.82, 2.24) is 10.6 Å². The number of nitrogens with one attached hydrogen (secondary N) is 2. The smallest absolute Gasteiger partial charge is 0.326 e. The lowest BCUT2D eigenvalue weighted by Gasteiger charge is -2.22. The van der Waals surface area contributed by atoms with Crippen LogP contribution in [0.15, 0.2) is 4.99 Å². The predicted octanol–water partition coefficient (Wildman–Crippen LogP) is -2.69. The van der Waals surface area contributed by atoms with Crippen LogP contribution in [0.2, 0.25) is 0 Å². The summed E-state index contributed by atoms with van der Waals surface area (Å²) in [5, 5.41) is 22.4. The second-order valence-electron chi connectivity index (χ2n) is 5.63. The van der Waals surface area contributed by atoms with Gasteiger partial charge in [-0.1, -0.05) is 0 Å². The Kier molecular flexibility index (Phi) is 10.3. The molecule has 12 heteroatoms. The molecule has 0 fully saturated rings. The van der Waals surface area contributed by atoms with Crippen LogP contribution in [0, 0.1) is 0 Å². The Morgan fingerprint density at radius 3 is 2.04 bits per heavy atom. The maximum atomic E-state index is 12.3. The van der Waals surface area contributed by atoms with E-state index in [0.29, 0.717) is 6.42 Å². The van der Waals surface area contributed by atoms with Crippen molar-refractivity contribution in [3.05, 3.63) is 0 Å². The van der Waals surface area contributed by atoms with Crippen LogP contribution >= 0.6 is 0 Å². The summed E-state index contributed by atoms with van der Waals surface area (Å²) in [5.74, 6) is -4.04. The molecule has 3 atom stereocenters. The summed E-state index contributed by atoms with van der Waals surface area (Å²) in [6.07, 6.45) is -0.259. The molecule has 0 aromatic heterocycles. The van der Waals surface area contributed by atoms with E-state index in [2.05, 4.69) is 15.6 Å². The molecule has 3 unspecified atom stereocenters. The second kappa shape index (κ2) is 11.6. The van der Waals surface area contributed by atoms with Crippen LogP contribution in [0.3, 0.4) is 0 Å². The first-order valence-corrected chi connectivity index (χ1v) is 7.91. The fraction of sp³-hybridized carbons (Fsp3) is 0.643. The van der Waals surface area contributed by atoms with Gasteiger partial charge in [0.2, 0.25) is 11.8 Å². The van der Waals surface area contributed by atoms with E-state index in [1.54, 1.807) is 0 Å². The highest BCUT2D eigenvalue weighted by Crippen LogP contribution is 2.03. The fourth-order valence-corrected chi connectivity index (χ4v) is 1.87. The van der Waals surface area contributed by atoms with Crippen LogP contribution in [0.4, 0.5) is 0 Å². The minimum atomic E-state index is -1.40. The van der Waals surface area contributed by atoms with Crippen LogP contribution in [0.25, 0.3) is 0 Å². The van der Waals surface area contributed by atoms with Gasteiger partial charge in [-0.25, -0.2) is 4.79 Å². The molecule has 0 heterocycles. The molecule has 0 saturated heterocycles. The number of nitrogens with two attached hydrogens (primary N) is 3. The summed E-state index contributed by atoms with van der Waals surface area (Å²) < 4.78 is 0. The quantitative estimate of drug-likeness (QED) is 0.107. The van der Waals surface area contributed by atoms with E-state index in [9.17, 15) is 19.2 Å². The van der Waals surface area contributed by atoms with Gasteiger partial charge in [-0.05, 0) is 26.2 Å². The molecule has 0 aliphatic heterocycles. The number of carbonyl (C=O) groups excluding carboxylic acids is 2. The molecule has 10 N–H and O–H groups in total. The van der Waals surface area contributed by atoms with E-state index in [0.717, 1.165) is 0 Å². The third-order valence-electron chi connectivity index (χ3n) is 3.25. The van der Waals surface area contributed by atoms with E-state index >= 15 is 0 Å². The highest BCUT2D eigenvalue weighted by atomic mass is 16.4. The van der Waals surface area contributed by atoms with Crippen molar-refractivity contribution >= 4 is 29.7 Å². The highest BCUT2D eigenvalue weighted by molar-refractivity contribution is 5.91. The van der Waals surface area contributed by atoms with Crippen molar-refractivity contribution in [1.29, 1.82) is 0 Å². The fourth-order valence-electron chi connectivity index (χ4n) is 1.87. The van der Waals surface area contributed by atoms with Crippen molar-refractivity contribution in [2.75, 3.05) is 6.54 Å². The maximum Gasteiger partial charge on any atom is 0.326 e. The van der Waals surface area contributed by atoms with Gasteiger partial charge in [-0.2, -0.15) is 0 Å². The molecule has 0 aliphatic rings. The van der Waals surface area contributed by atoms with E-state index in [1.165, 1.54) is 6.92 Å². The summed E-state index contributed by atoms with van der Waals surface area (Å²) in [5.41, 5.74) is 15.8. The molecule has 12 nitrogen and oxygen atoms in total. The minimum absolute atomic E-state index is 0.120. The number of carboxylic acids is 2. The molecule has 0 saturated carbocycles. The number of amides is 2. The number of rotatable bonds is 12. The van der Waals surface area contributed by atoms with Crippen molar-refractivity contribution in [3.8, 4) is 0 Å². The van der Waals surface area contributed by atoms with Crippen LogP contribution in [-0.4, -0.2) is 64.6 Å². The summed E-state index contributed by atoms with van der Waals surface area (Å²) >= 11 is 0. The van der Waals surface area contributed by atoms with Crippen LogP contribution in [0.5, 0.6) is 0 Å². The molecule has 0 aromatic rings. The molecule has 0 rings (SSSR count). The average molecular weight is 374 g/mol. The van der Waals surface area contributed by atoms with Crippen molar-refractivity contribution < 1.29 is 29.4 Å². The number of aliphatic carboxylic acids is 2. The number of nitrogens with zero attached hydrogens (tertiary/aromatic N) is 1. The second-order valence-corrected chi connectivity index (χ2v) is 5.63. The summed E-state index contributed by atoms with van der Waals surface area (Å²) in [4.78, 5) is 49.6. The largest absolute Gasteiger partial charge is 0.481 e. The molecular formula is C14H26N6O6.